The van der Waals surface area contributed by atoms with Gasteiger partial charge in [-0.15, -0.1) is 23.2 Å². The van der Waals surface area contributed by atoms with Crippen LogP contribution in [0.1, 0.15) is 0 Å². The second-order valence-electron chi connectivity index (χ2n) is 1.72. The van der Waals surface area contributed by atoms with Gasteiger partial charge in [-0.25, -0.2) is 0 Å². The molecule has 0 rings (SSSR count). The number of halogens is 4. The molecule has 65 valence electrons. The molecule has 6 heteroatoms. The van der Waals surface area contributed by atoms with E-state index < -0.39 is 15.1 Å². The van der Waals surface area contributed by atoms with E-state index in [4.69, 9.17) is 46.4 Å². The highest BCUT2D eigenvalue weighted by molar-refractivity contribution is 6.59. The van der Waals surface area contributed by atoms with Crippen LogP contribution in [0, 0.1) is 6.92 Å². The van der Waals surface area contributed by atoms with Crippen LogP contribution in [0.2, 0.25) is 0 Å². The average Bonchev–Trinajstić information content (AvgIpc) is 1.84. The van der Waals surface area contributed by atoms with Crippen molar-refractivity contribution in [3.63, 3.8) is 0 Å². The first-order chi connectivity index (χ1) is 4.86. The summed E-state index contributed by atoms with van der Waals surface area (Å²) in [6.07, 6.45) is 0. The van der Waals surface area contributed by atoms with Gasteiger partial charge in [0, 0.05) is 0 Å². The van der Waals surface area contributed by atoms with Gasteiger partial charge < -0.3 is 4.74 Å². The van der Waals surface area contributed by atoms with Crippen LogP contribution in [0.15, 0.2) is 0 Å². The Bertz CT molecular complexity index is 145. The Morgan fingerprint density at radius 2 is 2.00 bits per heavy atom. The quantitative estimate of drug-likeness (QED) is 0.558. The first-order valence-corrected chi connectivity index (χ1v) is 4.14. The lowest BCUT2D eigenvalue weighted by Crippen LogP contribution is -2.29. The van der Waals surface area contributed by atoms with Crippen molar-refractivity contribution in [1.29, 1.82) is 0 Å². The van der Waals surface area contributed by atoms with Gasteiger partial charge in [-0.05, 0) is 0 Å². The molecule has 0 fully saturated rings. The fourth-order valence-electron chi connectivity index (χ4n) is 0.240. The predicted molar refractivity (Wildman–Crippen MR) is 46.2 cm³/mol. The van der Waals surface area contributed by atoms with Crippen molar-refractivity contribution in [2.45, 2.75) is 9.17 Å². The first-order valence-electron chi connectivity index (χ1n) is 2.51. The molecule has 0 saturated carbocycles. The summed E-state index contributed by atoms with van der Waals surface area (Å²) in [6, 6.07) is 0. The summed E-state index contributed by atoms with van der Waals surface area (Å²) >= 11 is 21.7. The molecule has 2 nitrogen and oxygen atoms in total. The maximum atomic E-state index is 10.2. The number of esters is 1. The maximum absolute atomic E-state index is 10.2. The third kappa shape index (κ3) is 4.96. The lowest BCUT2D eigenvalue weighted by molar-refractivity contribution is -0.138. The van der Waals surface area contributed by atoms with E-state index in [0.717, 1.165) is 0 Å². The number of ether oxygens (including phenoxy) is 1. The van der Waals surface area contributed by atoms with Crippen LogP contribution in [0.25, 0.3) is 0 Å². The molecule has 0 aliphatic rings. The van der Waals surface area contributed by atoms with E-state index in [1.165, 1.54) is 0 Å². The van der Waals surface area contributed by atoms with Gasteiger partial charge in [0.25, 0.3) is 0 Å². The summed E-state index contributed by atoms with van der Waals surface area (Å²) in [5.41, 5.74) is 0. The van der Waals surface area contributed by atoms with Crippen LogP contribution in [-0.2, 0) is 9.53 Å². The lowest BCUT2D eigenvalue weighted by Gasteiger charge is -2.19. The highest BCUT2D eigenvalue weighted by Gasteiger charge is 2.33. The van der Waals surface area contributed by atoms with Crippen LogP contribution in [0.3, 0.4) is 0 Å². The van der Waals surface area contributed by atoms with Gasteiger partial charge >= 0.3 is 5.97 Å². The van der Waals surface area contributed by atoms with E-state index >= 15 is 0 Å². The van der Waals surface area contributed by atoms with E-state index in [1.807, 2.05) is 0 Å². The molecule has 0 atom stereocenters. The fourth-order valence-corrected chi connectivity index (χ4v) is 0.475. The largest absolute Gasteiger partial charge is 0.462 e. The van der Waals surface area contributed by atoms with Crippen molar-refractivity contribution in [3.05, 3.63) is 6.92 Å². The van der Waals surface area contributed by atoms with Crippen molar-refractivity contribution in [3.8, 4) is 0 Å². The number of carbonyl (C=O) groups excluding carboxylic acids is 1. The van der Waals surface area contributed by atoms with Gasteiger partial charge in [-0.3, -0.25) is 4.79 Å². The van der Waals surface area contributed by atoms with Crippen LogP contribution in [-0.4, -0.2) is 21.7 Å². The second-order valence-corrected chi connectivity index (χ2v) is 4.36. The standard InChI is InChI=1S/C5H5Cl4O2/c1-3(10)11-2-5(8,9)4(6)7/h4H,1-2H2. The minimum absolute atomic E-state index is 0.282. The number of hydrogen-bond donors (Lipinski definition) is 0. The van der Waals surface area contributed by atoms with Gasteiger partial charge in [-0.2, -0.15) is 0 Å². The normalized spacial score (nSPS) is 11.8. The van der Waals surface area contributed by atoms with Crippen molar-refractivity contribution in [2.75, 3.05) is 6.61 Å². The zero-order chi connectivity index (χ0) is 9.07. The summed E-state index contributed by atoms with van der Waals surface area (Å²) in [4.78, 5) is 9.15. The van der Waals surface area contributed by atoms with Gasteiger partial charge in [0.15, 0.2) is 4.33 Å². The molecule has 0 spiro atoms. The Labute approximate surface area is 84.7 Å². The Morgan fingerprint density at radius 1 is 1.55 bits per heavy atom. The van der Waals surface area contributed by atoms with Crippen LogP contribution >= 0.6 is 46.4 Å². The second kappa shape index (κ2) is 4.61. The summed E-state index contributed by atoms with van der Waals surface area (Å²) in [5.74, 6) is -0.732. The molecule has 1 radical (unpaired) electrons. The molecule has 0 N–H and O–H groups in total. The molecule has 0 aliphatic heterocycles. The SMILES string of the molecule is [CH2]C(=O)OCC(Cl)(Cl)C(Cl)Cl. The molecule has 0 bridgehead atoms. The van der Waals surface area contributed by atoms with E-state index in [9.17, 15) is 4.79 Å². The van der Waals surface area contributed by atoms with Gasteiger partial charge in [-0.1, -0.05) is 23.2 Å². The van der Waals surface area contributed by atoms with Gasteiger partial charge in [0.2, 0.25) is 0 Å². The molecule has 0 heterocycles. The van der Waals surface area contributed by atoms with Crippen LogP contribution < -0.4 is 0 Å². The van der Waals surface area contributed by atoms with Crippen molar-refractivity contribution < 1.29 is 9.53 Å². The number of alkyl halides is 4. The maximum Gasteiger partial charge on any atom is 0.306 e. The van der Waals surface area contributed by atoms with Crippen molar-refractivity contribution in [1.82, 2.24) is 0 Å². The summed E-state index contributed by atoms with van der Waals surface area (Å²) in [7, 11) is 0. The molecule has 0 unspecified atom stereocenters. The number of carbonyl (C=O) groups is 1. The van der Waals surface area contributed by atoms with Crippen LogP contribution in [0.4, 0.5) is 0 Å². The molecule has 0 aromatic carbocycles. The van der Waals surface area contributed by atoms with E-state index in [-0.39, 0.29) is 6.61 Å². The smallest absolute Gasteiger partial charge is 0.306 e. The topological polar surface area (TPSA) is 26.3 Å². The Kier molecular flexibility index (Phi) is 4.87. The average molecular weight is 239 g/mol. The predicted octanol–water partition coefficient (Wildman–Crippen LogP) is 2.34. The van der Waals surface area contributed by atoms with Gasteiger partial charge in [0.1, 0.15) is 11.4 Å². The zero-order valence-electron chi connectivity index (χ0n) is 5.32. The zero-order valence-corrected chi connectivity index (χ0v) is 8.34. The molecule has 0 amide bonds. The molecule has 0 saturated heterocycles. The molecule has 0 aliphatic carbocycles. The summed E-state index contributed by atoms with van der Waals surface area (Å²) < 4.78 is 2.91. The Hall–Kier alpha value is 0.630. The molecule has 11 heavy (non-hydrogen) atoms. The van der Waals surface area contributed by atoms with Crippen molar-refractivity contribution in [2.24, 2.45) is 0 Å². The molecule has 0 aromatic heterocycles. The summed E-state index contributed by atoms with van der Waals surface area (Å²) in [6.45, 7) is 2.65. The van der Waals surface area contributed by atoms with Gasteiger partial charge in [0.05, 0.1) is 6.92 Å². The van der Waals surface area contributed by atoms with E-state index in [2.05, 4.69) is 11.7 Å². The third-order valence-electron chi connectivity index (χ3n) is 0.745. The minimum atomic E-state index is -1.48. The van der Waals surface area contributed by atoms with E-state index in [1.54, 1.807) is 0 Å². The highest BCUT2D eigenvalue weighted by atomic mass is 35.5. The minimum Gasteiger partial charge on any atom is -0.462 e. The summed E-state index contributed by atoms with van der Waals surface area (Å²) in [5, 5.41) is 0. The Morgan fingerprint density at radius 3 is 2.27 bits per heavy atom. The fraction of sp³-hybridized carbons (Fsp3) is 0.600. The first kappa shape index (κ1) is 11.6. The highest BCUT2D eigenvalue weighted by Crippen LogP contribution is 2.32. The third-order valence-corrected chi connectivity index (χ3v) is 2.59. The number of rotatable bonds is 3. The van der Waals surface area contributed by atoms with Crippen molar-refractivity contribution >= 4 is 52.4 Å². The van der Waals surface area contributed by atoms with E-state index in [0.29, 0.717) is 0 Å². The van der Waals surface area contributed by atoms with Crippen LogP contribution in [0.5, 0.6) is 0 Å². The molecular weight excluding hydrogens is 234 g/mol. The lowest BCUT2D eigenvalue weighted by atomic mass is 10.5. The Balaban J connectivity index is 3.82. The molecular formula is C5H5Cl4O2. The molecule has 0 aromatic rings. The number of hydrogen-bond acceptors (Lipinski definition) is 2. The monoisotopic (exact) mass is 237 g/mol.